The van der Waals surface area contributed by atoms with Crippen LogP contribution in [0.15, 0.2) is 36.5 Å². The fourth-order valence-electron chi connectivity index (χ4n) is 2.15. The number of hydrogen-bond donors (Lipinski definition) is 0. The van der Waals surface area contributed by atoms with Gasteiger partial charge >= 0.3 is 5.97 Å². The second-order valence-corrected chi connectivity index (χ2v) is 6.06. The normalized spacial score (nSPS) is 10.9. The van der Waals surface area contributed by atoms with Crippen molar-refractivity contribution >= 4 is 23.4 Å². The molecular formula is C18H20ClN3O3. The van der Waals surface area contributed by atoms with E-state index in [1.54, 1.807) is 30.2 Å². The maximum absolute atomic E-state index is 12.3. The van der Waals surface area contributed by atoms with Crippen LogP contribution in [0.2, 0.25) is 5.02 Å². The molecular weight excluding hydrogens is 342 g/mol. The van der Waals surface area contributed by atoms with E-state index in [2.05, 4.69) is 5.10 Å². The zero-order valence-corrected chi connectivity index (χ0v) is 15.4. The molecule has 2 aromatic rings. The minimum absolute atomic E-state index is 0.153. The number of ether oxygens (including phenoxy) is 1. The third kappa shape index (κ3) is 4.48. The Balaban J connectivity index is 2.55. The average molecular weight is 362 g/mol. The fourth-order valence-corrected chi connectivity index (χ4v) is 2.31. The topological polar surface area (TPSA) is 64.4 Å². The number of aromatic nitrogens is 2. The lowest BCUT2D eigenvalue weighted by Crippen LogP contribution is -2.12. The summed E-state index contributed by atoms with van der Waals surface area (Å²) < 4.78 is 6.48. The standard InChI is InChI=1S/C18H20ClN3O3/c1-5-25-18(24)16-11-14(17(23)8-9-21(3)4)20-22(16)15-10-13(19)7-6-12(15)2/h6-11H,5H2,1-4H3. The Hall–Kier alpha value is -2.60. The van der Waals surface area contributed by atoms with E-state index >= 15 is 0 Å². The summed E-state index contributed by atoms with van der Waals surface area (Å²) in [5.41, 5.74) is 1.81. The van der Waals surface area contributed by atoms with Crippen LogP contribution in [-0.4, -0.2) is 47.1 Å². The highest BCUT2D eigenvalue weighted by atomic mass is 35.5. The van der Waals surface area contributed by atoms with E-state index in [4.69, 9.17) is 16.3 Å². The zero-order valence-electron chi connectivity index (χ0n) is 14.6. The monoisotopic (exact) mass is 361 g/mol. The molecule has 1 aromatic carbocycles. The van der Waals surface area contributed by atoms with E-state index in [-0.39, 0.29) is 23.8 Å². The number of halogens is 1. The van der Waals surface area contributed by atoms with Crippen LogP contribution in [0.4, 0.5) is 0 Å². The molecule has 0 bridgehead atoms. The zero-order chi connectivity index (χ0) is 18.6. The van der Waals surface area contributed by atoms with Crippen molar-refractivity contribution in [2.45, 2.75) is 13.8 Å². The van der Waals surface area contributed by atoms with Gasteiger partial charge in [-0.2, -0.15) is 5.10 Å². The van der Waals surface area contributed by atoms with Crippen LogP contribution in [0.3, 0.4) is 0 Å². The summed E-state index contributed by atoms with van der Waals surface area (Å²) in [7, 11) is 3.61. The Morgan fingerprint density at radius 1 is 1.32 bits per heavy atom. The molecule has 0 radical (unpaired) electrons. The van der Waals surface area contributed by atoms with Crippen molar-refractivity contribution in [2.75, 3.05) is 20.7 Å². The number of esters is 1. The SMILES string of the molecule is CCOC(=O)c1cc(C(=O)C=CN(C)C)nn1-c1cc(Cl)ccc1C. The van der Waals surface area contributed by atoms with Gasteiger partial charge in [0.1, 0.15) is 5.69 Å². The van der Waals surface area contributed by atoms with Crippen LogP contribution in [0.1, 0.15) is 33.5 Å². The number of nitrogens with zero attached hydrogens (tertiary/aromatic N) is 3. The summed E-state index contributed by atoms with van der Waals surface area (Å²) in [5, 5.41) is 4.81. The minimum atomic E-state index is -0.551. The first-order valence-corrected chi connectivity index (χ1v) is 8.14. The second kappa shape index (κ2) is 7.98. The van der Waals surface area contributed by atoms with Crippen LogP contribution in [0.5, 0.6) is 0 Å². The molecule has 132 valence electrons. The van der Waals surface area contributed by atoms with Crippen molar-refractivity contribution < 1.29 is 14.3 Å². The number of benzene rings is 1. The molecule has 0 saturated heterocycles. The van der Waals surface area contributed by atoms with Gasteiger partial charge in [0.25, 0.3) is 0 Å². The smallest absolute Gasteiger partial charge is 0.357 e. The Morgan fingerprint density at radius 3 is 2.68 bits per heavy atom. The second-order valence-electron chi connectivity index (χ2n) is 5.62. The lowest BCUT2D eigenvalue weighted by Gasteiger charge is -2.10. The summed E-state index contributed by atoms with van der Waals surface area (Å²) in [6.07, 6.45) is 3.02. The fraction of sp³-hybridized carbons (Fsp3) is 0.278. The molecule has 0 atom stereocenters. The van der Waals surface area contributed by atoms with Gasteiger partial charge in [-0.25, -0.2) is 9.48 Å². The molecule has 0 unspecified atom stereocenters. The molecule has 0 saturated carbocycles. The largest absolute Gasteiger partial charge is 0.461 e. The van der Waals surface area contributed by atoms with Gasteiger partial charge in [0.05, 0.1) is 12.3 Å². The number of hydrogen-bond acceptors (Lipinski definition) is 5. The first kappa shape index (κ1) is 18.7. The molecule has 25 heavy (non-hydrogen) atoms. The van der Waals surface area contributed by atoms with Gasteiger partial charge in [0.2, 0.25) is 5.78 Å². The van der Waals surface area contributed by atoms with Crippen molar-refractivity contribution in [3.8, 4) is 5.69 Å². The summed E-state index contributed by atoms with van der Waals surface area (Å²) in [5.74, 6) is -0.859. The summed E-state index contributed by atoms with van der Waals surface area (Å²) in [6, 6.07) is 6.69. The van der Waals surface area contributed by atoms with E-state index in [1.807, 2.05) is 27.1 Å². The van der Waals surface area contributed by atoms with Gasteiger partial charge in [-0.1, -0.05) is 17.7 Å². The van der Waals surface area contributed by atoms with Crippen LogP contribution in [-0.2, 0) is 4.74 Å². The minimum Gasteiger partial charge on any atom is -0.461 e. The molecule has 0 N–H and O–H groups in total. The molecule has 0 fully saturated rings. The Kier molecular flexibility index (Phi) is 5.98. The molecule has 0 aliphatic rings. The number of carbonyl (C=O) groups is 2. The molecule has 0 spiro atoms. The Labute approximate surface area is 151 Å². The van der Waals surface area contributed by atoms with Crippen molar-refractivity contribution in [3.63, 3.8) is 0 Å². The van der Waals surface area contributed by atoms with Crippen LogP contribution in [0, 0.1) is 6.92 Å². The Bertz CT molecular complexity index is 825. The van der Waals surface area contributed by atoms with Crippen molar-refractivity contribution in [2.24, 2.45) is 0 Å². The highest BCUT2D eigenvalue weighted by Crippen LogP contribution is 2.22. The Morgan fingerprint density at radius 2 is 2.04 bits per heavy atom. The quantitative estimate of drug-likeness (QED) is 0.449. The first-order valence-electron chi connectivity index (χ1n) is 7.76. The molecule has 7 heteroatoms. The maximum Gasteiger partial charge on any atom is 0.357 e. The number of rotatable bonds is 6. The number of allylic oxidation sites excluding steroid dienone is 1. The van der Waals surface area contributed by atoms with E-state index < -0.39 is 5.97 Å². The third-order valence-electron chi connectivity index (χ3n) is 3.37. The summed E-state index contributed by atoms with van der Waals surface area (Å²) >= 11 is 6.07. The van der Waals surface area contributed by atoms with Crippen LogP contribution < -0.4 is 0 Å². The third-order valence-corrected chi connectivity index (χ3v) is 3.60. The molecule has 1 heterocycles. The van der Waals surface area contributed by atoms with Gasteiger partial charge in [-0.05, 0) is 31.5 Å². The summed E-state index contributed by atoms with van der Waals surface area (Å²) in [4.78, 5) is 26.3. The van der Waals surface area contributed by atoms with Gasteiger partial charge < -0.3 is 9.64 Å². The molecule has 2 rings (SSSR count). The summed E-state index contributed by atoms with van der Waals surface area (Å²) in [6.45, 7) is 3.81. The van der Waals surface area contributed by atoms with Gasteiger partial charge in [0, 0.05) is 37.5 Å². The predicted molar refractivity (Wildman–Crippen MR) is 96.4 cm³/mol. The van der Waals surface area contributed by atoms with Gasteiger partial charge in [0.15, 0.2) is 5.69 Å². The first-order chi connectivity index (χ1) is 11.8. The van der Waals surface area contributed by atoms with E-state index in [0.717, 1.165) is 5.56 Å². The average Bonchev–Trinajstić information content (AvgIpc) is 3.00. The maximum atomic E-state index is 12.3. The van der Waals surface area contributed by atoms with E-state index in [9.17, 15) is 9.59 Å². The van der Waals surface area contributed by atoms with Crippen molar-refractivity contribution in [1.29, 1.82) is 0 Å². The molecule has 6 nitrogen and oxygen atoms in total. The highest BCUT2D eigenvalue weighted by Gasteiger charge is 2.21. The number of aryl methyl sites for hydroxylation is 1. The van der Waals surface area contributed by atoms with Gasteiger partial charge in [-0.15, -0.1) is 0 Å². The lowest BCUT2D eigenvalue weighted by molar-refractivity contribution is 0.0515. The van der Waals surface area contributed by atoms with Crippen LogP contribution >= 0.6 is 11.6 Å². The number of ketones is 1. The van der Waals surface area contributed by atoms with E-state index in [1.165, 1.54) is 16.8 Å². The van der Waals surface area contributed by atoms with Crippen molar-refractivity contribution in [1.82, 2.24) is 14.7 Å². The molecule has 0 aliphatic heterocycles. The van der Waals surface area contributed by atoms with Crippen molar-refractivity contribution in [3.05, 3.63) is 58.5 Å². The van der Waals surface area contributed by atoms with Gasteiger partial charge in [-0.3, -0.25) is 4.79 Å². The molecule has 0 amide bonds. The highest BCUT2D eigenvalue weighted by molar-refractivity contribution is 6.30. The number of carbonyl (C=O) groups excluding carboxylic acids is 2. The molecule has 1 aromatic heterocycles. The lowest BCUT2D eigenvalue weighted by atomic mass is 10.2. The van der Waals surface area contributed by atoms with Crippen LogP contribution in [0.25, 0.3) is 5.69 Å². The predicted octanol–water partition coefficient (Wildman–Crippen LogP) is 3.27. The molecule has 0 aliphatic carbocycles. The van der Waals surface area contributed by atoms with E-state index in [0.29, 0.717) is 10.7 Å².